The van der Waals surface area contributed by atoms with Crippen LogP contribution in [0.3, 0.4) is 0 Å². The summed E-state index contributed by atoms with van der Waals surface area (Å²) in [7, 11) is 1.13. The summed E-state index contributed by atoms with van der Waals surface area (Å²) in [4.78, 5) is 28.3. The summed E-state index contributed by atoms with van der Waals surface area (Å²) in [5.41, 5.74) is -3.71. The molecule has 0 saturated carbocycles. The van der Waals surface area contributed by atoms with Crippen LogP contribution in [0.1, 0.15) is 37.5 Å². The molecule has 0 aliphatic heterocycles. The largest absolute Gasteiger partial charge is 0.467 e. The molecule has 1 heterocycles. The number of esters is 1. The van der Waals surface area contributed by atoms with Crippen molar-refractivity contribution in [2.75, 3.05) is 7.11 Å². The normalized spacial score (nSPS) is 13.4. The van der Waals surface area contributed by atoms with Crippen LogP contribution in [0.5, 0.6) is 0 Å². The van der Waals surface area contributed by atoms with Crippen LogP contribution in [0.25, 0.3) is 22.6 Å². The van der Waals surface area contributed by atoms with E-state index in [9.17, 15) is 35.9 Å². The van der Waals surface area contributed by atoms with Gasteiger partial charge in [-0.2, -0.15) is 26.3 Å². The Morgan fingerprint density at radius 1 is 0.973 bits per heavy atom. The van der Waals surface area contributed by atoms with Gasteiger partial charge in [-0.15, -0.1) is 0 Å². The molecule has 0 bridgehead atoms. The highest BCUT2D eigenvalue weighted by Gasteiger charge is 2.37. The van der Waals surface area contributed by atoms with Crippen LogP contribution in [0.4, 0.5) is 31.1 Å². The standard InChI is InChI=1S/C24H22F6N2O5/c1-22(2,3)37-21(34)32-17(20(33)35-4)8-12-5-6-18-16(7-12)31-19(36-18)13-9-14(23(25,26)27)11-15(10-13)24(28,29)30/h5-7,9-11,17H,8H2,1-4H3,(H,32,34)/t17-/m0/s1. The average molecular weight is 532 g/mol. The number of hydrogen-bond donors (Lipinski definition) is 1. The van der Waals surface area contributed by atoms with Crippen molar-refractivity contribution in [3.63, 3.8) is 0 Å². The molecule has 0 unspecified atom stereocenters. The number of ether oxygens (including phenoxy) is 2. The molecule has 2 aromatic carbocycles. The maximum Gasteiger partial charge on any atom is 0.416 e. The molecular formula is C24H22F6N2O5. The maximum absolute atomic E-state index is 13.2. The van der Waals surface area contributed by atoms with E-state index in [1.807, 2.05) is 0 Å². The van der Waals surface area contributed by atoms with E-state index >= 15 is 0 Å². The number of rotatable bonds is 5. The fourth-order valence-electron chi connectivity index (χ4n) is 3.32. The molecule has 0 radical (unpaired) electrons. The summed E-state index contributed by atoms with van der Waals surface area (Å²) in [6.07, 6.45) is -11.0. The molecule has 1 atom stereocenters. The van der Waals surface area contributed by atoms with Crippen molar-refractivity contribution in [3.05, 3.63) is 53.1 Å². The number of alkyl carbamates (subject to hydrolysis) is 1. The van der Waals surface area contributed by atoms with Crippen LogP contribution in [-0.4, -0.2) is 35.8 Å². The Morgan fingerprint density at radius 2 is 1.57 bits per heavy atom. The molecule has 1 amide bonds. The Morgan fingerprint density at radius 3 is 2.08 bits per heavy atom. The molecule has 0 aliphatic carbocycles. The summed E-state index contributed by atoms with van der Waals surface area (Å²) < 4.78 is 94.5. The lowest BCUT2D eigenvalue weighted by atomic mass is 10.0. The van der Waals surface area contributed by atoms with Gasteiger partial charge in [0.1, 0.15) is 17.2 Å². The Bertz CT molecular complexity index is 1280. The SMILES string of the molecule is COC(=O)[C@H](Cc1ccc2oc(-c3cc(C(F)(F)F)cc(C(F)(F)F)c3)nc2c1)NC(=O)OC(C)(C)C. The first-order valence-electron chi connectivity index (χ1n) is 10.7. The molecular weight excluding hydrogens is 510 g/mol. The van der Waals surface area contributed by atoms with Gasteiger partial charge in [-0.1, -0.05) is 6.07 Å². The molecule has 0 spiro atoms. The summed E-state index contributed by atoms with van der Waals surface area (Å²) in [6, 6.07) is 4.19. The number of carbonyl (C=O) groups is 2. The molecule has 37 heavy (non-hydrogen) atoms. The van der Waals surface area contributed by atoms with Gasteiger partial charge in [0, 0.05) is 12.0 Å². The first-order valence-corrected chi connectivity index (χ1v) is 10.7. The Kier molecular flexibility index (Phi) is 7.47. The fraction of sp³-hybridized carbons (Fsp3) is 0.375. The quantitative estimate of drug-likeness (QED) is 0.314. The third kappa shape index (κ3) is 7.14. The van der Waals surface area contributed by atoms with Gasteiger partial charge in [0.25, 0.3) is 0 Å². The molecule has 7 nitrogen and oxygen atoms in total. The fourth-order valence-corrected chi connectivity index (χ4v) is 3.32. The van der Waals surface area contributed by atoms with E-state index in [0.29, 0.717) is 17.7 Å². The Balaban J connectivity index is 1.94. The van der Waals surface area contributed by atoms with Gasteiger partial charge < -0.3 is 19.2 Å². The molecule has 0 saturated heterocycles. The van der Waals surface area contributed by atoms with Crippen molar-refractivity contribution in [2.45, 2.75) is 51.2 Å². The molecule has 3 aromatic rings. The summed E-state index contributed by atoms with van der Waals surface area (Å²) >= 11 is 0. The second-order valence-electron chi connectivity index (χ2n) is 9.04. The topological polar surface area (TPSA) is 90.7 Å². The van der Waals surface area contributed by atoms with E-state index in [2.05, 4.69) is 10.3 Å². The molecule has 1 N–H and O–H groups in total. The van der Waals surface area contributed by atoms with E-state index in [1.54, 1.807) is 20.8 Å². The predicted molar refractivity (Wildman–Crippen MR) is 118 cm³/mol. The minimum Gasteiger partial charge on any atom is -0.467 e. The van der Waals surface area contributed by atoms with Crippen molar-refractivity contribution in [1.29, 1.82) is 0 Å². The van der Waals surface area contributed by atoms with Crippen LogP contribution in [-0.2, 0) is 33.0 Å². The number of halogens is 6. The van der Waals surface area contributed by atoms with Gasteiger partial charge in [0.15, 0.2) is 5.58 Å². The first-order chi connectivity index (χ1) is 17.0. The number of aromatic nitrogens is 1. The number of nitrogens with one attached hydrogen (secondary N) is 1. The second kappa shape index (κ2) is 9.94. The highest BCUT2D eigenvalue weighted by atomic mass is 19.4. The molecule has 0 fully saturated rings. The average Bonchev–Trinajstić information content (AvgIpc) is 3.19. The number of hydrogen-bond acceptors (Lipinski definition) is 6. The summed E-state index contributed by atoms with van der Waals surface area (Å²) in [5.74, 6) is -1.23. The van der Waals surface area contributed by atoms with Gasteiger partial charge >= 0.3 is 24.4 Å². The highest BCUT2D eigenvalue weighted by molar-refractivity contribution is 5.82. The van der Waals surface area contributed by atoms with Crippen molar-refractivity contribution in [3.8, 4) is 11.5 Å². The zero-order valence-electron chi connectivity index (χ0n) is 20.0. The lowest BCUT2D eigenvalue weighted by Crippen LogP contribution is -2.45. The minimum atomic E-state index is -5.03. The highest BCUT2D eigenvalue weighted by Crippen LogP contribution is 2.39. The number of benzene rings is 2. The van der Waals surface area contributed by atoms with Crippen LogP contribution >= 0.6 is 0 Å². The maximum atomic E-state index is 13.2. The second-order valence-corrected chi connectivity index (χ2v) is 9.04. The lowest BCUT2D eigenvalue weighted by Gasteiger charge is -2.22. The number of oxazole rings is 1. The predicted octanol–water partition coefficient (Wildman–Crippen LogP) is 6.14. The van der Waals surface area contributed by atoms with Gasteiger partial charge in [-0.25, -0.2) is 14.6 Å². The third-order valence-electron chi connectivity index (χ3n) is 4.90. The first kappa shape index (κ1) is 27.8. The van der Waals surface area contributed by atoms with Crippen LogP contribution in [0.15, 0.2) is 40.8 Å². The lowest BCUT2D eigenvalue weighted by molar-refractivity contribution is -0.144. The van der Waals surface area contributed by atoms with Gasteiger partial charge in [0.2, 0.25) is 5.89 Å². The zero-order chi connectivity index (χ0) is 27.8. The van der Waals surface area contributed by atoms with E-state index < -0.39 is 58.6 Å². The zero-order valence-corrected chi connectivity index (χ0v) is 20.0. The van der Waals surface area contributed by atoms with Crippen LogP contribution < -0.4 is 5.32 Å². The van der Waals surface area contributed by atoms with Crippen LogP contribution in [0, 0.1) is 0 Å². The number of fused-ring (bicyclic) bond motifs is 1. The van der Waals surface area contributed by atoms with Gasteiger partial charge in [-0.3, -0.25) is 0 Å². The molecule has 13 heteroatoms. The number of amides is 1. The third-order valence-corrected chi connectivity index (χ3v) is 4.90. The number of methoxy groups -OCH3 is 1. The number of carbonyl (C=O) groups excluding carboxylic acids is 2. The van der Waals surface area contributed by atoms with Crippen LogP contribution in [0.2, 0.25) is 0 Å². The molecule has 3 rings (SSSR count). The van der Waals surface area contributed by atoms with E-state index in [4.69, 9.17) is 13.9 Å². The summed E-state index contributed by atoms with van der Waals surface area (Å²) in [6.45, 7) is 4.91. The minimum absolute atomic E-state index is 0.00881. The Hall–Kier alpha value is -3.77. The van der Waals surface area contributed by atoms with Gasteiger partial charge in [0.05, 0.1) is 18.2 Å². The van der Waals surface area contributed by atoms with Crippen molar-refractivity contribution < 1.29 is 49.8 Å². The number of alkyl halides is 6. The van der Waals surface area contributed by atoms with E-state index in [1.165, 1.54) is 18.2 Å². The van der Waals surface area contributed by atoms with Crippen molar-refractivity contribution in [1.82, 2.24) is 10.3 Å². The van der Waals surface area contributed by atoms with Crippen molar-refractivity contribution >= 4 is 23.2 Å². The number of nitrogens with zero attached hydrogens (tertiary/aromatic N) is 1. The van der Waals surface area contributed by atoms with Crippen molar-refractivity contribution in [2.24, 2.45) is 0 Å². The molecule has 200 valence electrons. The molecule has 1 aromatic heterocycles. The van der Waals surface area contributed by atoms with E-state index in [-0.39, 0.29) is 23.6 Å². The molecule has 0 aliphatic rings. The Labute approximate surface area is 206 Å². The monoisotopic (exact) mass is 532 g/mol. The smallest absolute Gasteiger partial charge is 0.416 e. The van der Waals surface area contributed by atoms with E-state index in [0.717, 1.165) is 7.11 Å². The van der Waals surface area contributed by atoms with Gasteiger partial charge in [-0.05, 0) is 56.7 Å². The summed E-state index contributed by atoms with van der Waals surface area (Å²) in [5, 5.41) is 2.40.